The zero-order valence-corrected chi connectivity index (χ0v) is 10.8. The number of nitrogens with two attached hydrogens (primary N) is 1. The van der Waals surface area contributed by atoms with Crippen molar-refractivity contribution in [3.63, 3.8) is 0 Å². The first-order valence-corrected chi connectivity index (χ1v) is 6.92. The van der Waals surface area contributed by atoms with Crippen molar-refractivity contribution in [3.05, 3.63) is 16.1 Å². The number of nitrogens with zero attached hydrogens (tertiary/aromatic N) is 1. The molecule has 0 saturated carbocycles. The van der Waals surface area contributed by atoms with Gasteiger partial charge >= 0.3 is 0 Å². The Morgan fingerprint density at radius 3 is 3.12 bits per heavy atom. The van der Waals surface area contributed by atoms with Crippen molar-refractivity contribution in [2.45, 2.75) is 45.3 Å². The highest BCUT2D eigenvalue weighted by Crippen LogP contribution is 2.32. The van der Waals surface area contributed by atoms with Gasteiger partial charge in [0.25, 0.3) is 0 Å². The number of hydrogen-bond donors (Lipinski definition) is 1. The standard InChI is InChI=1S/C12H20N2OS/c1-3-8(2)11(13)9-7-16-12(14-9)10-5-4-6-15-10/h7-8,10-11H,3-6,13H2,1-2H3. The third-order valence-corrected chi connectivity index (χ3v) is 4.30. The van der Waals surface area contributed by atoms with Gasteiger partial charge in [0, 0.05) is 12.0 Å². The second-order valence-corrected chi connectivity index (χ2v) is 5.41. The largest absolute Gasteiger partial charge is 0.371 e. The van der Waals surface area contributed by atoms with Gasteiger partial charge in [-0.3, -0.25) is 0 Å². The molecule has 1 aliphatic heterocycles. The summed E-state index contributed by atoms with van der Waals surface area (Å²) < 4.78 is 5.63. The monoisotopic (exact) mass is 240 g/mol. The van der Waals surface area contributed by atoms with Crippen molar-refractivity contribution in [1.29, 1.82) is 0 Å². The van der Waals surface area contributed by atoms with Crippen molar-refractivity contribution < 1.29 is 4.74 Å². The minimum Gasteiger partial charge on any atom is -0.371 e. The zero-order valence-electron chi connectivity index (χ0n) is 9.98. The Balaban J connectivity index is 2.06. The summed E-state index contributed by atoms with van der Waals surface area (Å²) in [6.45, 7) is 5.21. The Morgan fingerprint density at radius 1 is 1.69 bits per heavy atom. The van der Waals surface area contributed by atoms with Crippen LogP contribution in [0.2, 0.25) is 0 Å². The molecule has 0 amide bonds. The zero-order chi connectivity index (χ0) is 11.5. The van der Waals surface area contributed by atoms with Gasteiger partial charge in [-0.05, 0) is 18.8 Å². The number of thiazole rings is 1. The third kappa shape index (κ3) is 2.44. The number of ether oxygens (including phenoxy) is 1. The number of hydrogen-bond acceptors (Lipinski definition) is 4. The molecule has 3 unspecified atom stereocenters. The molecule has 0 spiro atoms. The molecule has 0 aliphatic carbocycles. The van der Waals surface area contributed by atoms with Gasteiger partial charge in [-0.1, -0.05) is 20.3 Å². The lowest BCUT2D eigenvalue weighted by atomic mass is 9.98. The summed E-state index contributed by atoms with van der Waals surface area (Å²) in [5.41, 5.74) is 7.20. The summed E-state index contributed by atoms with van der Waals surface area (Å²) in [7, 11) is 0. The molecule has 2 N–H and O–H groups in total. The molecule has 16 heavy (non-hydrogen) atoms. The van der Waals surface area contributed by atoms with E-state index in [0.717, 1.165) is 36.6 Å². The molecule has 0 aromatic carbocycles. The van der Waals surface area contributed by atoms with Crippen molar-refractivity contribution in [2.75, 3.05) is 6.61 Å². The van der Waals surface area contributed by atoms with E-state index >= 15 is 0 Å². The first-order chi connectivity index (χ1) is 7.72. The Hall–Kier alpha value is -0.450. The van der Waals surface area contributed by atoms with E-state index in [4.69, 9.17) is 10.5 Å². The fourth-order valence-electron chi connectivity index (χ4n) is 1.92. The Bertz CT molecular complexity index is 334. The van der Waals surface area contributed by atoms with Gasteiger partial charge in [-0.15, -0.1) is 11.3 Å². The van der Waals surface area contributed by atoms with E-state index < -0.39 is 0 Å². The van der Waals surface area contributed by atoms with Crippen LogP contribution < -0.4 is 5.73 Å². The predicted molar refractivity (Wildman–Crippen MR) is 66.4 cm³/mol. The molecule has 1 aliphatic rings. The van der Waals surface area contributed by atoms with Crippen LogP contribution in [0.4, 0.5) is 0 Å². The van der Waals surface area contributed by atoms with Crippen LogP contribution in [0.15, 0.2) is 5.38 Å². The molecule has 3 nitrogen and oxygen atoms in total. The summed E-state index contributed by atoms with van der Waals surface area (Å²) in [5, 5.41) is 3.19. The maximum Gasteiger partial charge on any atom is 0.122 e. The molecule has 0 radical (unpaired) electrons. The molecular weight excluding hydrogens is 220 g/mol. The third-order valence-electron chi connectivity index (χ3n) is 3.34. The van der Waals surface area contributed by atoms with Crippen LogP contribution in [-0.4, -0.2) is 11.6 Å². The van der Waals surface area contributed by atoms with E-state index in [1.54, 1.807) is 11.3 Å². The van der Waals surface area contributed by atoms with Crippen LogP contribution in [0.25, 0.3) is 0 Å². The SMILES string of the molecule is CCC(C)C(N)c1csc(C2CCCO2)n1. The molecule has 1 aromatic heterocycles. The van der Waals surface area contributed by atoms with Gasteiger partial charge in [0.1, 0.15) is 11.1 Å². The van der Waals surface area contributed by atoms with Crippen LogP contribution in [0.1, 0.15) is 56.0 Å². The van der Waals surface area contributed by atoms with Crippen molar-refractivity contribution in [2.24, 2.45) is 11.7 Å². The van der Waals surface area contributed by atoms with Gasteiger partial charge in [-0.25, -0.2) is 4.98 Å². The predicted octanol–water partition coefficient (Wildman–Crippen LogP) is 3.04. The van der Waals surface area contributed by atoms with E-state index in [2.05, 4.69) is 24.2 Å². The molecule has 1 saturated heterocycles. The molecule has 2 heterocycles. The molecular formula is C12H20N2OS. The average molecular weight is 240 g/mol. The van der Waals surface area contributed by atoms with E-state index in [-0.39, 0.29) is 12.1 Å². The smallest absolute Gasteiger partial charge is 0.122 e. The summed E-state index contributed by atoms with van der Waals surface area (Å²) in [6, 6.07) is 0.0661. The second kappa shape index (κ2) is 5.25. The molecule has 4 heteroatoms. The molecule has 0 bridgehead atoms. The fraction of sp³-hybridized carbons (Fsp3) is 0.750. The summed E-state index contributed by atoms with van der Waals surface area (Å²) in [5.74, 6) is 0.486. The van der Waals surface area contributed by atoms with Crippen LogP contribution in [-0.2, 0) is 4.74 Å². The van der Waals surface area contributed by atoms with E-state index in [0.29, 0.717) is 5.92 Å². The highest BCUT2D eigenvalue weighted by atomic mass is 32.1. The molecule has 90 valence electrons. The minimum atomic E-state index is 0.0661. The highest BCUT2D eigenvalue weighted by Gasteiger charge is 2.23. The first-order valence-electron chi connectivity index (χ1n) is 6.05. The minimum absolute atomic E-state index is 0.0661. The van der Waals surface area contributed by atoms with Gasteiger partial charge in [0.2, 0.25) is 0 Å². The lowest BCUT2D eigenvalue weighted by Gasteiger charge is -2.15. The lowest BCUT2D eigenvalue weighted by Crippen LogP contribution is -2.19. The Morgan fingerprint density at radius 2 is 2.50 bits per heavy atom. The number of rotatable bonds is 4. The topological polar surface area (TPSA) is 48.1 Å². The molecule has 3 atom stereocenters. The van der Waals surface area contributed by atoms with E-state index in [1.807, 2.05) is 0 Å². The fourth-order valence-corrected chi connectivity index (χ4v) is 2.87. The van der Waals surface area contributed by atoms with E-state index in [9.17, 15) is 0 Å². The van der Waals surface area contributed by atoms with Crippen LogP contribution in [0, 0.1) is 5.92 Å². The van der Waals surface area contributed by atoms with Gasteiger partial charge in [0.05, 0.1) is 11.7 Å². The maximum atomic E-state index is 6.16. The lowest BCUT2D eigenvalue weighted by molar-refractivity contribution is 0.111. The van der Waals surface area contributed by atoms with Crippen LogP contribution in [0.5, 0.6) is 0 Å². The second-order valence-electron chi connectivity index (χ2n) is 4.52. The summed E-state index contributed by atoms with van der Waals surface area (Å²) >= 11 is 1.69. The van der Waals surface area contributed by atoms with Gasteiger partial charge < -0.3 is 10.5 Å². The summed E-state index contributed by atoms with van der Waals surface area (Å²) in [6.07, 6.45) is 3.57. The average Bonchev–Trinajstić information content (AvgIpc) is 2.96. The molecule has 1 aromatic rings. The van der Waals surface area contributed by atoms with Crippen molar-refractivity contribution in [3.8, 4) is 0 Å². The Labute approximate surface area is 101 Å². The normalized spacial score (nSPS) is 24.6. The summed E-state index contributed by atoms with van der Waals surface area (Å²) in [4.78, 5) is 4.63. The van der Waals surface area contributed by atoms with Gasteiger partial charge in [-0.2, -0.15) is 0 Å². The number of aromatic nitrogens is 1. The van der Waals surface area contributed by atoms with E-state index in [1.165, 1.54) is 0 Å². The van der Waals surface area contributed by atoms with Crippen molar-refractivity contribution in [1.82, 2.24) is 4.98 Å². The van der Waals surface area contributed by atoms with Crippen LogP contribution >= 0.6 is 11.3 Å². The first kappa shape index (κ1) is 12.0. The molecule has 2 rings (SSSR count). The maximum absolute atomic E-state index is 6.16. The van der Waals surface area contributed by atoms with Gasteiger partial charge in [0.15, 0.2) is 0 Å². The quantitative estimate of drug-likeness (QED) is 0.880. The molecule has 1 fully saturated rings. The Kier molecular flexibility index (Phi) is 3.95. The van der Waals surface area contributed by atoms with Crippen molar-refractivity contribution >= 4 is 11.3 Å². The van der Waals surface area contributed by atoms with Crippen LogP contribution in [0.3, 0.4) is 0 Å². The highest BCUT2D eigenvalue weighted by molar-refractivity contribution is 7.09.